The summed E-state index contributed by atoms with van der Waals surface area (Å²) in [7, 11) is 0. The third kappa shape index (κ3) is 4.23. The topological polar surface area (TPSA) is 112 Å². The molecule has 0 saturated carbocycles. The number of pyridine rings is 3. The van der Waals surface area contributed by atoms with E-state index >= 15 is 0 Å². The predicted octanol–water partition coefficient (Wildman–Crippen LogP) is 6.21. The van der Waals surface area contributed by atoms with Gasteiger partial charge < -0.3 is 10.3 Å². The third-order valence-corrected chi connectivity index (χ3v) is 6.29. The lowest BCUT2D eigenvalue weighted by atomic mass is 9.95. The number of nitrogens with zero attached hydrogens (tertiary/aromatic N) is 4. The lowest BCUT2D eigenvalue weighted by Crippen LogP contribution is -2.27. The summed E-state index contributed by atoms with van der Waals surface area (Å²) in [5, 5.41) is 11.7. The van der Waals surface area contributed by atoms with Crippen LogP contribution in [-0.4, -0.2) is 36.0 Å². The van der Waals surface area contributed by atoms with Crippen molar-refractivity contribution < 1.29 is 4.79 Å². The molecule has 0 saturated heterocycles. The van der Waals surface area contributed by atoms with Crippen LogP contribution in [0.15, 0.2) is 79.4 Å². The van der Waals surface area contributed by atoms with Crippen molar-refractivity contribution in [3.8, 4) is 33.8 Å². The normalized spacial score (nSPS) is 11.8. The maximum absolute atomic E-state index is 12.4. The first-order valence-corrected chi connectivity index (χ1v) is 12.0. The SMILES string of the molecule is CC(C)(C)C(=O)Nc1cncc(-c2ccc3[nH]nc(-c4cc5c(-c6ccncc6)cccc5[nH]4)c3n2)c1. The van der Waals surface area contributed by atoms with E-state index in [9.17, 15) is 4.79 Å². The van der Waals surface area contributed by atoms with Crippen molar-refractivity contribution in [1.29, 1.82) is 0 Å². The molecule has 8 nitrogen and oxygen atoms in total. The molecular formula is C29H25N7O. The molecule has 0 spiro atoms. The van der Waals surface area contributed by atoms with E-state index in [2.05, 4.69) is 48.7 Å². The van der Waals surface area contributed by atoms with Gasteiger partial charge in [0.25, 0.3) is 0 Å². The molecule has 6 rings (SSSR count). The first-order chi connectivity index (χ1) is 17.9. The van der Waals surface area contributed by atoms with Gasteiger partial charge >= 0.3 is 0 Å². The summed E-state index contributed by atoms with van der Waals surface area (Å²) in [5.74, 6) is -0.0723. The van der Waals surface area contributed by atoms with E-state index in [0.29, 0.717) is 5.69 Å². The molecule has 6 aromatic rings. The maximum atomic E-state index is 12.4. The summed E-state index contributed by atoms with van der Waals surface area (Å²) in [4.78, 5) is 29.3. The van der Waals surface area contributed by atoms with Gasteiger partial charge in [-0.3, -0.25) is 19.9 Å². The maximum Gasteiger partial charge on any atom is 0.229 e. The van der Waals surface area contributed by atoms with E-state index in [0.717, 1.165) is 55.7 Å². The van der Waals surface area contributed by atoms with Crippen molar-refractivity contribution in [2.45, 2.75) is 20.8 Å². The van der Waals surface area contributed by atoms with Crippen LogP contribution in [0.5, 0.6) is 0 Å². The Morgan fingerprint density at radius 2 is 1.73 bits per heavy atom. The molecule has 0 aliphatic heterocycles. The molecule has 5 aromatic heterocycles. The van der Waals surface area contributed by atoms with Crippen molar-refractivity contribution in [3.63, 3.8) is 0 Å². The second-order valence-corrected chi connectivity index (χ2v) is 10.0. The Morgan fingerprint density at radius 3 is 2.54 bits per heavy atom. The highest BCUT2D eigenvalue weighted by molar-refractivity contribution is 6.00. The van der Waals surface area contributed by atoms with Gasteiger partial charge in [-0.15, -0.1) is 0 Å². The highest BCUT2D eigenvalue weighted by Crippen LogP contribution is 2.34. The number of nitrogens with one attached hydrogen (secondary N) is 3. The Balaban J connectivity index is 1.40. The molecule has 8 heteroatoms. The summed E-state index contributed by atoms with van der Waals surface area (Å²) in [6, 6.07) is 18.1. The minimum Gasteiger partial charge on any atom is -0.353 e. The summed E-state index contributed by atoms with van der Waals surface area (Å²) in [6.45, 7) is 5.62. The van der Waals surface area contributed by atoms with Crippen molar-refractivity contribution >= 4 is 33.5 Å². The number of fused-ring (bicyclic) bond motifs is 2. The monoisotopic (exact) mass is 487 g/mol. The first kappa shape index (κ1) is 22.6. The molecule has 3 N–H and O–H groups in total. The van der Waals surface area contributed by atoms with Gasteiger partial charge in [-0.2, -0.15) is 5.10 Å². The smallest absolute Gasteiger partial charge is 0.229 e. The van der Waals surface area contributed by atoms with E-state index in [1.165, 1.54) is 0 Å². The van der Waals surface area contributed by atoms with Gasteiger partial charge in [0.15, 0.2) is 0 Å². The Kier molecular flexibility index (Phi) is 5.30. The number of rotatable bonds is 4. The van der Waals surface area contributed by atoms with E-state index in [1.54, 1.807) is 24.8 Å². The van der Waals surface area contributed by atoms with Crippen molar-refractivity contribution in [2.24, 2.45) is 5.41 Å². The molecule has 1 aromatic carbocycles. The number of H-pyrrole nitrogens is 2. The largest absolute Gasteiger partial charge is 0.353 e. The number of benzene rings is 1. The van der Waals surface area contributed by atoms with Crippen LogP contribution >= 0.6 is 0 Å². The third-order valence-electron chi connectivity index (χ3n) is 6.29. The van der Waals surface area contributed by atoms with Gasteiger partial charge in [-0.25, -0.2) is 4.98 Å². The molecule has 1 amide bonds. The van der Waals surface area contributed by atoms with Crippen LogP contribution in [0.25, 0.3) is 55.7 Å². The molecule has 5 heterocycles. The number of hydrogen-bond donors (Lipinski definition) is 3. The zero-order valence-electron chi connectivity index (χ0n) is 20.7. The molecule has 0 radical (unpaired) electrons. The fraction of sp³-hybridized carbons (Fsp3) is 0.138. The number of anilines is 1. The lowest BCUT2D eigenvalue weighted by molar-refractivity contribution is -0.123. The molecule has 37 heavy (non-hydrogen) atoms. The predicted molar refractivity (Wildman–Crippen MR) is 146 cm³/mol. The van der Waals surface area contributed by atoms with E-state index in [1.807, 2.05) is 57.2 Å². The molecule has 0 aliphatic carbocycles. The first-order valence-electron chi connectivity index (χ1n) is 12.0. The van der Waals surface area contributed by atoms with Gasteiger partial charge in [0.2, 0.25) is 5.91 Å². The molecule has 0 bridgehead atoms. The molecule has 182 valence electrons. The number of carbonyl (C=O) groups excluding carboxylic acids is 1. The molecule has 0 atom stereocenters. The van der Waals surface area contributed by atoms with E-state index in [4.69, 9.17) is 4.98 Å². The zero-order chi connectivity index (χ0) is 25.6. The van der Waals surface area contributed by atoms with Crippen LogP contribution in [0, 0.1) is 5.41 Å². The average Bonchev–Trinajstić information content (AvgIpc) is 3.52. The van der Waals surface area contributed by atoms with Crippen LogP contribution in [0.4, 0.5) is 5.69 Å². The molecule has 0 aliphatic rings. The summed E-state index contributed by atoms with van der Waals surface area (Å²) in [5.41, 5.74) is 8.09. The molecule has 0 unspecified atom stereocenters. The second-order valence-electron chi connectivity index (χ2n) is 10.0. The lowest BCUT2D eigenvalue weighted by Gasteiger charge is -2.17. The molecule has 0 fully saturated rings. The highest BCUT2D eigenvalue weighted by atomic mass is 16.2. The van der Waals surface area contributed by atoms with Gasteiger partial charge in [-0.1, -0.05) is 32.9 Å². The quantitative estimate of drug-likeness (QED) is 0.273. The van der Waals surface area contributed by atoms with Crippen LogP contribution in [0.3, 0.4) is 0 Å². The van der Waals surface area contributed by atoms with Gasteiger partial charge in [-0.05, 0) is 53.6 Å². The number of hydrogen-bond acceptors (Lipinski definition) is 5. The Bertz CT molecular complexity index is 1760. The Labute approximate surface area is 213 Å². The number of carbonyl (C=O) groups is 1. The van der Waals surface area contributed by atoms with Crippen LogP contribution < -0.4 is 5.32 Å². The van der Waals surface area contributed by atoms with Gasteiger partial charge in [0.05, 0.1) is 28.8 Å². The average molecular weight is 488 g/mol. The fourth-order valence-corrected chi connectivity index (χ4v) is 4.28. The van der Waals surface area contributed by atoms with Crippen LogP contribution in [0.2, 0.25) is 0 Å². The Hall–Kier alpha value is -4.85. The minimum atomic E-state index is -0.504. The summed E-state index contributed by atoms with van der Waals surface area (Å²) >= 11 is 0. The van der Waals surface area contributed by atoms with E-state index in [-0.39, 0.29) is 5.91 Å². The number of aromatic amines is 2. The van der Waals surface area contributed by atoms with Crippen LogP contribution in [0.1, 0.15) is 20.8 Å². The van der Waals surface area contributed by atoms with Crippen molar-refractivity contribution in [2.75, 3.05) is 5.32 Å². The van der Waals surface area contributed by atoms with Gasteiger partial charge in [0, 0.05) is 40.5 Å². The van der Waals surface area contributed by atoms with Crippen LogP contribution in [-0.2, 0) is 4.79 Å². The standard InChI is InChI=1S/C29H25N7O/c1-29(2,3)28(37)32-19-13-18(15-31-16-19)22-7-8-24-26(34-22)27(36-35-24)25-14-21-20(5-4-6-23(21)33-25)17-9-11-30-12-10-17/h4-16,33H,1-3H3,(H,32,37)(H,35,36). The molecular weight excluding hydrogens is 462 g/mol. The van der Waals surface area contributed by atoms with Gasteiger partial charge in [0.1, 0.15) is 11.2 Å². The summed E-state index contributed by atoms with van der Waals surface area (Å²) < 4.78 is 0. The Morgan fingerprint density at radius 1 is 0.892 bits per heavy atom. The van der Waals surface area contributed by atoms with Crippen molar-refractivity contribution in [3.05, 3.63) is 79.4 Å². The summed E-state index contributed by atoms with van der Waals surface area (Å²) in [6.07, 6.45) is 6.98. The highest BCUT2D eigenvalue weighted by Gasteiger charge is 2.21. The number of amides is 1. The second kappa shape index (κ2) is 8.67. The minimum absolute atomic E-state index is 0.0723. The zero-order valence-corrected chi connectivity index (χ0v) is 20.7. The number of aromatic nitrogens is 6. The van der Waals surface area contributed by atoms with Crippen molar-refractivity contribution in [1.82, 2.24) is 30.1 Å². The fourth-order valence-electron chi connectivity index (χ4n) is 4.28. The van der Waals surface area contributed by atoms with E-state index < -0.39 is 5.41 Å².